The lowest BCUT2D eigenvalue weighted by Gasteiger charge is -2.38. The lowest BCUT2D eigenvalue weighted by Crippen LogP contribution is -2.29. The summed E-state index contributed by atoms with van der Waals surface area (Å²) in [7, 11) is 0. The molecular weight excluding hydrogens is 347 g/mol. The molecule has 0 spiro atoms. The number of hydrogen-bond acceptors (Lipinski definition) is 3. The summed E-state index contributed by atoms with van der Waals surface area (Å²) in [5, 5.41) is 15.9. The van der Waals surface area contributed by atoms with E-state index in [0.717, 1.165) is 23.2 Å². The smallest absolute Gasteiger partial charge is 0.269 e. The lowest BCUT2D eigenvalue weighted by molar-refractivity contribution is -0.384. The Morgan fingerprint density at radius 1 is 1.17 bits per heavy atom. The normalized spacial score (nSPS) is 24.2. The van der Waals surface area contributed by atoms with Gasteiger partial charge in [-0.15, -0.1) is 0 Å². The van der Waals surface area contributed by atoms with Crippen molar-refractivity contribution in [2.75, 3.05) is 5.32 Å². The number of hydrogen-bond donors (Lipinski definition) is 1. The first-order chi connectivity index (χ1) is 11.6. The number of nitro groups is 1. The Morgan fingerprint density at radius 3 is 2.75 bits per heavy atom. The molecule has 24 heavy (non-hydrogen) atoms. The van der Waals surface area contributed by atoms with Gasteiger partial charge in [-0.25, -0.2) is 0 Å². The maximum absolute atomic E-state index is 11.1. The lowest BCUT2D eigenvalue weighted by atomic mass is 9.77. The number of fused-ring (bicyclic) bond motifs is 3. The van der Waals surface area contributed by atoms with Gasteiger partial charge in [0.1, 0.15) is 0 Å². The highest BCUT2D eigenvalue weighted by atomic mass is 35.5. The Balaban J connectivity index is 1.83. The van der Waals surface area contributed by atoms with E-state index in [4.69, 9.17) is 23.2 Å². The summed E-state index contributed by atoms with van der Waals surface area (Å²) in [5.41, 5.74) is 2.84. The highest BCUT2D eigenvalue weighted by molar-refractivity contribution is 6.36. The number of allylic oxidation sites excluding steroid dienone is 2. The third-order valence-electron chi connectivity index (χ3n) is 4.86. The highest BCUT2D eigenvalue weighted by Gasteiger charge is 2.40. The highest BCUT2D eigenvalue weighted by Crippen LogP contribution is 2.53. The van der Waals surface area contributed by atoms with Crippen LogP contribution in [-0.4, -0.2) is 4.92 Å². The van der Waals surface area contributed by atoms with Crippen LogP contribution in [0, 0.1) is 16.0 Å². The maximum Gasteiger partial charge on any atom is 0.269 e. The minimum absolute atomic E-state index is 0.0478. The zero-order valence-corrected chi connectivity index (χ0v) is 14.1. The Bertz CT molecular complexity index is 866. The van der Waals surface area contributed by atoms with Gasteiger partial charge in [0.25, 0.3) is 5.69 Å². The van der Waals surface area contributed by atoms with E-state index in [1.54, 1.807) is 18.2 Å². The summed E-state index contributed by atoms with van der Waals surface area (Å²) in [5.74, 6) is 0.423. The first kappa shape index (κ1) is 15.5. The second kappa shape index (κ2) is 5.80. The topological polar surface area (TPSA) is 55.2 Å². The molecule has 1 aliphatic carbocycles. The van der Waals surface area contributed by atoms with Crippen LogP contribution in [-0.2, 0) is 0 Å². The summed E-state index contributed by atoms with van der Waals surface area (Å²) in [6.07, 6.45) is 5.21. The molecule has 0 amide bonds. The maximum atomic E-state index is 11.1. The molecule has 1 heterocycles. The van der Waals surface area contributed by atoms with E-state index in [2.05, 4.69) is 17.5 Å². The number of non-ortho nitro benzene ring substituents is 1. The molecule has 2 aromatic rings. The van der Waals surface area contributed by atoms with Gasteiger partial charge in [-0.1, -0.05) is 47.5 Å². The Morgan fingerprint density at radius 2 is 1.96 bits per heavy atom. The van der Waals surface area contributed by atoms with Crippen LogP contribution in [0.2, 0.25) is 10.0 Å². The molecule has 4 nitrogen and oxygen atoms in total. The summed E-state index contributed by atoms with van der Waals surface area (Å²) in [4.78, 5) is 10.7. The molecule has 0 radical (unpaired) electrons. The third kappa shape index (κ3) is 2.38. The van der Waals surface area contributed by atoms with Crippen LogP contribution in [0.15, 0.2) is 48.6 Å². The number of nitro benzene ring substituents is 1. The second-order valence-electron chi connectivity index (χ2n) is 6.15. The van der Waals surface area contributed by atoms with E-state index in [9.17, 15) is 10.1 Å². The van der Waals surface area contributed by atoms with Crippen molar-refractivity contribution in [1.29, 1.82) is 0 Å². The fraction of sp³-hybridized carbons (Fsp3) is 0.222. The summed E-state index contributed by atoms with van der Waals surface area (Å²) < 4.78 is 0. The van der Waals surface area contributed by atoms with Gasteiger partial charge in [0.15, 0.2) is 0 Å². The van der Waals surface area contributed by atoms with Gasteiger partial charge in [-0.3, -0.25) is 10.1 Å². The van der Waals surface area contributed by atoms with Gasteiger partial charge in [-0.05, 0) is 30.0 Å². The van der Waals surface area contributed by atoms with Crippen LogP contribution in [0.25, 0.3) is 0 Å². The molecule has 0 aromatic heterocycles. The van der Waals surface area contributed by atoms with E-state index in [1.807, 2.05) is 12.1 Å². The van der Waals surface area contributed by atoms with Gasteiger partial charge in [0.2, 0.25) is 0 Å². The molecule has 1 aliphatic heterocycles. The molecule has 2 aromatic carbocycles. The van der Waals surface area contributed by atoms with Gasteiger partial charge >= 0.3 is 0 Å². The summed E-state index contributed by atoms with van der Waals surface area (Å²) >= 11 is 12.8. The zero-order valence-electron chi connectivity index (χ0n) is 12.6. The first-order valence-electron chi connectivity index (χ1n) is 7.71. The van der Waals surface area contributed by atoms with Gasteiger partial charge < -0.3 is 5.32 Å². The fourth-order valence-electron chi connectivity index (χ4n) is 3.79. The van der Waals surface area contributed by atoms with Crippen molar-refractivity contribution in [2.24, 2.45) is 5.92 Å². The molecule has 0 saturated heterocycles. The number of anilines is 1. The predicted molar refractivity (Wildman–Crippen MR) is 95.9 cm³/mol. The molecule has 0 unspecified atom stereocenters. The second-order valence-corrected chi connectivity index (χ2v) is 6.96. The van der Waals surface area contributed by atoms with Crippen LogP contribution in [0.3, 0.4) is 0 Å². The number of nitrogens with one attached hydrogen (secondary N) is 1. The van der Waals surface area contributed by atoms with Crippen LogP contribution in [0.5, 0.6) is 0 Å². The molecule has 1 N–H and O–H groups in total. The quantitative estimate of drug-likeness (QED) is 0.422. The van der Waals surface area contributed by atoms with Gasteiger partial charge in [0.05, 0.1) is 21.7 Å². The van der Waals surface area contributed by atoms with Crippen molar-refractivity contribution < 1.29 is 4.92 Å². The Kier molecular flexibility index (Phi) is 3.74. The van der Waals surface area contributed by atoms with E-state index in [0.29, 0.717) is 10.0 Å². The van der Waals surface area contributed by atoms with Crippen molar-refractivity contribution in [3.8, 4) is 0 Å². The van der Waals surface area contributed by atoms with Crippen LogP contribution in [0.4, 0.5) is 11.4 Å². The van der Waals surface area contributed by atoms with Gasteiger partial charge in [0, 0.05) is 28.6 Å². The zero-order chi connectivity index (χ0) is 16.8. The molecule has 0 saturated carbocycles. The van der Waals surface area contributed by atoms with Crippen LogP contribution < -0.4 is 5.32 Å². The Hall–Kier alpha value is -2.04. The predicted octanol–water partition coefficient (Wildman–Crippen LogP) is 5.73. The van der Waals surface area contributed by atoms with Crippen LogP contribution >= 0.6 is 23.2 Å². The Labute approximate surface area is 149 Å². The van der Waals surface area contributed by atoms with Crippen molar-refractivity contribution in [3.63, 3.8) is 0 Å². The number of nitrogens with zero attached hydrogens (tertiary/aromatic N) is 1. The van der Waals surface area contributed by atoms with Crippen LogP contribution in [0.1, 0.15) is 29.5 Å². The standard InChI is InChI=1S/C18H14Cl2N2O2/c19-14-7-8-15(20)18-16(14)12-5-2-6-13(12)17(21-18)10-3-1-4-11(9-10)22(23)24/h1-5,7-9,12-13,17,21H,6H2/t12-,13+,17+/m1/s1. The first-order valence-corrected chi connectivity index (χ1v) is 8.47. The number of rotatable bonds is 2. The molecule has 2 aliphatic rings. The monoisotopic (exact) mass is 360 g/mol. The SMILES string of the molecule is O=[N+]([O-])c1cccc([C@@H]2Nc3c(Cl)ccc(Cl)c3[C@@H]3C=CC[C@@H]32)c1. The van der Waals surface area contributed by atoms with Gasteiger partial charge in [-0.2, -0.15) is 0 Å². The summed E-state index contributed by atoms with van der Waals surface area (Å²) in [6, 6.07) is 10.3. The van der Waals surface area contributed by atoms with Crippen molar-refractivity contribution in [3.05, 3.63) is 79.8 Å². The van der Waals surface area contributed by atoms with Crippen molar-refractivity contribution >= 4 is 34.6 Å². The number of benzene rings is 2. The molecule has 122 valence electrons. The van der Waals surface area contributed by atoms with Crippen molar-refractivity contribution in [1.82, 2.24) is 0 Å². The number of halogens is 2. The van der Waals surface area contributed by atoms with E-state index < -0.39 is 0 Å². The molecule has 0 fully saturated rings. The third-order valence-corrected chi connectivity index (χ3v) is 5.50. The largest absolute Gasteiger partial charge is 0.376 e. The van der Waals surface area contributed by atoms with Crippen molar-refractivity contribution in [2.45, 2.75) is 18.4 Å². The molecule has 3 atom stereocenters. The fourth-order valence-corrected chi connectivity index (χ4v) is 4.29. The van der Waals surface area contributed by atoms with E-state index >= 15 is 0 Å². The molecule has 4 rings (SSSR count). The summed E-state index contributed by atoms with van der Waals surface area (Å²) in [6.45, 7) is 0. The minimum Gasteiger partial charge on any atom is -0.376 e. The van der Waals surface area contributed by atoms with E-state index in [-0.39, 0.29) is 28.5 Å². The molecule has 0 bridgehead atoms. The average Bonchev–Trinajstić information content (AvgIpc) is 3.06. The molecular formula is C18H14Cl2N2O2. The van der Waals surface area contributed by atoms with E-state index in [1.165, 1.54) is 6.07 Å². The average molecular weight is 361 g/mol. The molecule has 6 heteroatoms. The minimum atomic E-state index is -0.367.